The highest BCUT2D eigenvalue weighted by atomic mass is 79.9. The number of nitrogens with two attached hydrogens (primary N) is 1. The third kappa shape index (κ3) is 6.78. The van der Waals surface area contributed by atoms with Gasteiger partial charge in [-0.3, -0.25) is 4.79 Å². The van der Waals surface area contributed by atoms with E-state index in [0.717, 1.165) is 66.8 Å². The van der Waals surface area contributed by atoms with Crippen LogP contribution >= 0.6 is 15.9 Å². The fourth-order valence-corrected chi connectivity index (χ4v) is 5.85. The predicted octanol–water partition coefficient (Wildman–Crippen LogP) is 8.24. The van der Waals surface area contributed by atoms with Crippen LogP contribution in [0, 0.1) is 0 Å². The number of fused-ring (bicyclic) bond motifs is 1. The van der Waals surface area contributed by atoms with Gasteiger partial charge in [-0.05, 0) is 78.8 Å². The summed E-state index contributed by atoms with van der Waals surface area (Å²) in [6.07, 6.45) is 0. The van der Waals surface area contributed by atoms with E-state index in [9.17, 15) is 4.79 Å². The predicted molar refractivity (Wildman–Crippen MR) is 188 cm³/mol. The zero-order valence-electron chi connectivity index (χ0n) is 25.1. The number of carbonyl (C=O) groups is 1. The summed E-state index contributed by atoms with van der Waals surface area (Å²) in [5, 5.41) is 7.35. The maximum Gasteiger partial charge on any atom is 0.255 e. The number of benzene rings is 5. The molecule has 45 heavy (non-hydrogen) atoms. The van der Waals surface area contributed by atoms with Gasteiger partial charge in [-0.1, -0.05) is 88.7 Å². The van der Waals surface area contributed by atoms with Gasteiger partial charge in [0.1, 0.15) is 0 Å². The molecule has 7 nitrogen and oxygen atoms in total. The number of halogens is 1. The molecule has 0 atom stereocenters. The molecule has 0 bridgehead atoms. The Morgan fingerprint density at radius 1 is 0.800 bits per heavy atom. The molecular weight excluding hydrogens is 624 g/mol. The lowest BCUT2D eigenvalue weighted by molar-refractivity contribution is 0.102. The average Bonchev–Trinajstić information content (AvgIpc) is 3.05. The van der Waals surface area contributed by atoms with Crippen molar-refractivity contribution in [3.05, 3.63) is 136 Å². The van der Waals surface area contributed by atoms with Crippen LogP contribution in [-0.4, -0.2) is 34.9 Å². The van der Waals surface area contributed by atoms with Crippen LogP contribution < -0.4 is 16.4 Å². The van der Waals surface area contributed by atoms with E-state index in [1.807, 2.05) is 99.0 Å². The molecule has 8 heteroatoms. The first-order chi connectivity index (χ1) is 21.9. The lowest BCUT2D eigenvalue weighted by Gasteiger charge is -2.15. The molecule has 0 aliphatic carbocycles. The van der Waals surface area contributed by atoms with Crippen LogP contribution in [0.1, 0.15) is 21.5 Å². The summed E-state index contributed by atoms with van der Waals surface area (Å²) < 4.78 is 1.01. The minimum atomic E-state index is -0.203. The van der Waals surface area contributed by atoms with Crippen LogP contribution in [-0.2, 0) is 13.1 Å². The van der Waals surface area contributed by atoms with Crippen molar-refractivity contribution < 1.29 is 4.79 Å². The quantitative estimate of drug-likeness (QED) is 0.145. The average molecular weight is 658 g/mol. The Morgan fingerprint density at radius 2 is 1.49 bits per heavy atom. The normalized spacial score (nSPS) is 11.1. The van der Waals surface area contributed by atoms with Crippen LogP contribution in [0.25, 0.3) is 33.3 Å². The van der Waals surface area contributed by atoms with Crippen molar-refractivity contribution in [2.24, 2.45) is 5.73 Å². The molecule has 6 aromatic rings. The third-order valence-electron chi connectivity index (χ3n) is 7.49. The van der Waals surface area contributed by atoms with E-state index >= 15 is 0 Å². The number of aromatic nitrogens is 2. The van der Waals surface area contributed by atoms with Crippen molar-refractivity contribution in [1.29, 1.82) is 0 Å². The van der Waals surface area contributed by atoms with E-state index < -0.39 is 0 Å². The van der Waals surface area contributed by atoms with Crippen LogP contribution in [0.5, 0.6) is 0 Å². The molecule has 4 N–H and O–H groups in total. The number of amides is 1. The summed E-state index contributed by atoms with van der Waals surface area (Å²) in [7, 11) is 4.02. The second-order valence-electron chi connectivity index (χ2n) is 11.0. The second-order valence-corrected chi connectivity index (χ2v) is 11.9. The van der Waals surface area contributed by atoms with Gasteiger partial charge in [0, 0.05) is 45.5 Å². The zero-order valence-corrected chi connectivity index (χ0v) is 26.7. The van der Waals surface area contributed by atoms with Crippen molar-refractivity contribution in [2.45, 2.75) is 13.1 Å². The first-order valence-electron chi connectivity index (χ1n) is 14.7. The Labute approximate surface area is 271 Å². The molecule has 0 saturated carbocycles. The van der Waals surface area contributed by atoms with Crippen LogP contribution in [0.4, 0.5) is 17.3 Å². The van der Waals surface area contributed by atoms with Crippen molar-refractivity contribution in [3.8, 4) is 22.4 Å². The largest absolute Gasteiger partial charge is 0.326 e. The van der Waals surface area contributed by atoms with Gasteiger partial charge in [-0.25, -0.2) is 9.97 Å². The Hall–Kier alpha value is -4.89. The molecule has 0 aliphatic heterocycles. The van der Waals surface area contributed by atoms with E-state index in [-0.39, 0.29) is 5.91 Å². The second kappa shape index (κ2) is 13.4. The van der Waals surface area contributed by atoms with Gasteiger partial charge >= 0.3 is 0 Å². The highest BCUT2D eigenvalue weighted by Gasteiger charge is 2.16. The number of nitrogens with zero attached hydrogens (tertiary/aromatic N) is 3. The lowest BCUT2D eigenvalue weighted by atomic mass is 9.96. The van der Waals surface area contributed by atoms with Gasteiger partial charge in [0.05, 0.1) is 11.2 Å². The summed E-state index contributed by atoms with van der Waals surface area (Å²) >= 11 is 3.72. The molecule has 0 aliphatic rings. The molecule has 0 fully saturated rings. The van der Waals surface area contributed by atoms with E-state index in [4.69, 9.17) is 15.7 Å². The molecule has 0 spiro atoms. The highest BCUT2D eigenvalue weighted by Crippen LogP contribution is 2.38. The molecule has 1 amide bonds. The minimum Gasteiger partial charge on any atom is -0.326 e. The molecule has 1 heterocycles. The maximum absolute atomic E-state index is 13.2. The van der Waals surface area contributed by atoms with Crippen molar-refractivity contribution >= 4 is 50.1 Å². The van der Waals surface area contributed by atoms with Crippen molar-refractivity contribution in [3.63, 3.8) is 0 Å². The van der Waals surface area contributed by atoms with Gasteiger partial charge in [0.25, 0.3) is 5.91 Å². The van der Waals surface area contributed by atoms with Gasteiger partial charge in [0.15, 0.2) is 0 Å². The number of carbonyl (C=O) groups excluding carboxylic acids is 1. The first kappa shape index (κ1) is 30.1. The van der Waals surface area contributed by atoms with Crippen molar-refractivity contribution in [2.75, 3.05) is 24.7 Å². The number of rotatable bonds is 9. The number of hydrogen-bond donors (Lipinski definition) is 3. The topological polar surface area (TPSA) is 96.2 Å². The number of anilines is 3. The van der Waals surface area contributed by atoms with Crippen molar-refractivity contribution in [1.82, 2.24) is 14.9 Å². The minimum absolute atomic E-state index is 0.203. The summed E-state index contributed by atoms with van der Waals surface area (Å²) in [5.74, 6) is 0.263. The molecule has 1 aromatic heterocycles. The lowest BCUT2D eigenvalue weighted by Crippen LogP contribution is -2.16. The molecule has 0 saturated heterocycles. The van der Waals surface area contributed by atoms with Crippen LogP contribution in [0.3, 0.4) is 0 Å². The summed E-state index contributed by atoms with van der Waals surface area (Å²) in [6.45, 7) is 1.10. The van der Waals surface area contributed by atoms with Gasteiger partial charge in [-0.2, -0.15) is 0 Å². The molecule has 0 radical (unpaired) electrons. The Balaban J connectivity index is 1.28. The molecular formula is C37H33BrN6O. The zero-order chi connectivity index (χ0) is 31.3. The summed E-state index contributed by atoms with van der Waals surface area (Å²) in [4.78, 5) is 25.1. The molecule has 224 valence electrons. The van der Waals surface area contributed by atoms with Crippen LogP contribution in [0.2, 0.25) is 0 Å². The fraction of sp³-hybridized carbons (Fsp3) is 0.108. The Morgan fingerprint density at radius 3 is 2.22 bits per heavy atom. The number of para-hydroxylation sites is 1. The molecule has 6 rings (SSSR count). The Kier molecular flexibility index (Phi) is 8.98. The number of nitrogens with one attached hydrogen (secondary N) is 2. The maximum atomic E-state index is 13.2. The summed E-state index contributed by atoms with van der Waals surface area (Å²) in [5.41, 5.74) is 14.8. The Bertz CT molecular complexity index is 1990. The smallest absolute Gasteiger partial charge is 0.255 e. The van der Waals surface area contributed by atoms with Gasteiger partial charge < -0.3 is 21.3 Å². The van der Waals surface area contributed by atoms with E-state index in [2.05, 4.69) is 49.7 Å². The summed E-state index contributed by atoms with van der Waals surface area (Å²) in [6, 6.07) is 37.7. The molecule has 0 unspecified atom stereocenters. The third-order valence-corrected chi connectivity index (χ3v) is 8.19. The first-order valence-corrected chi connectivity index (χ1v) is 15.4. The van der Waals surface area contributed by atoms with Crippen LogP contribution in [0.15, 0.2) is 120 Å². The fourth-order valence-electron chi connectivity index (χ4n) is 5.35. The van der Waals surface area contributed by atoms with E-state index in [1.165, 1.54) is 0 Å². The van der Waals surface area contributed by atoms with E-state index in [0.29, 0.717) is 18.1 Å². The highest BCUT2D eigenvalue weighted by molar-refractivity contribution is 9.10. The van der Waals surface area contributed by atoms with Gasteiger partial charge in [-0.15, -0.1) is 0 Å². The van der Waals surface area contributed by atoms with E-state index in [1.54, 1.807) is 12.1 Å². The molecule has 5 aromatic carbocycles. The van der Waals surface area contributed by atoms with Gasteiger partial charge in [0.2, 0.25) is 5.95 Å². The SMILES string of the molecule is CN(C)Cc1ccc(CN)c(NC(=O)c2ccc(Nc3nc(-c4ccccc4-c4ccccc4Br)c4ccccc4n3)cc2)c1. The monoisotopic (exact) mass is 656 g/mol. The number of hydrogen-bond acceptors (Lipinski definition) is 6. The standard InChI is InChI=1S/C37H33BrN6O/c1-44(2)23-24-15-16-26(22-39)34(21-24)41-36(45)25-17-19-27(20-18-25)40-37-42-33-14-8-6-12-31(33)35(43-37)30-11-4-3-9-28(30)29-10-5-7-13-32(29)38/h3-21H,22-23,39H2,1-2H3,(H,41,45)(H,40,42,43).